The van der Waals surface area contributed by atoms with Crippen molar-refractivity contribution in [1.82, 2.24) is 35.0 Å². The van der Waals surface area contributed by atoms with Crippen molar-refractivity contribution >= 4 is 27.7 Å². The standard InChI is InChI=1S/C21H20BrN7O2S/c1-3-28-19(10-29-26-20(24-27-29)14-6-4-13(2)5-7-14)23-25-21(28)32-11-15-8-17-18(9-16(15)22)31-12-30-17/h4-9H,3,10-12H2,1-2H3. The number of hydrogen-bond acceptors (Lipinski definition) is 8. The van der Waals surface area contributed by atoms with Crippen LogP contribution in [0.5, 0.6) is 11.5 Å². The van der Waals surface area contributed by atoms with Gasteiger partial charge in [-0.3, -0.25) is 0 Å². The number of rotatable bonds is 7. The van der Waals surface area contributed by atoms with E-state index in [4.69, 9.17) is 9.47 Å². The highest BCUT2D eigenvalue weighted by Gasteiger charge is 2.18. The Labute approximate surface area is 197 Å². The number of fused-ring (bicyclic) bond motifs is 1. The van der Waals surface area contributed by atoms with E-state index in [1.54, 1.807) is 16.6 Å². The summed E-state index contributed by atoms with van der Waals surface area (Å²) in [6, 6.07) is 12.0. The first kappa shape index (κ1) is 21.0. The molecule has 32 heavy (non-hydrogen) atoms. The zero-order chi connectivity index (χ0) is 22.1. The Hall–Kier alpha value is -2.92. The Morgan fingerprint density at radius 3 is 2.62 bits per heavy atom. The average molecular weight is 514 g/mol. The van der Waals surface area contributed by atoms with Gasteiger partial charge in [0.1, 0.15) is 6.54 Å². The Bertz CT molecular complexity index is 1260. The highest BCUT2D eigenvalue weighted by atomic mass is 79.9. The summed E-state index contributed by atoms with van der Waals surface area (Å²) in [5.41, 5.74) is 3.23. The molecule has 1 aliphatic rings. The summed E-state index contributed by atoms with van der Waals surface area (Å²) < 4.78 is 14.0. The summed E-state index contributed by atoms with van der Waals surface area (Å²) in [6.07, 6.45) is 0. The number of tetrazole rings is 1. The second-order valence-electron chi connectivity index (χ2n) is 7.24. The lowest BCUT2D eigenvalue weighted by molar-refractivity contribution is 0.174. The summed E-state index contributed by atoms with van der Waals surface area (Å²) >= 11 is 5.23. The number of aromatic nitrogens is 7. The van der Waals surface area contributed by atoms with Crippen molar-refractivity contribution < 1.29 is 9.47 Å². The second-order valence-corrected chi connectivity index (χ2v) is 9.03. The van der Waals surface area contributed by atoms with Gasteiger partial charge < -0.3 is 14.0 Å². The first-order valence-electron chi connectivity index (χ1n) is 10.1. The van der Waals surface area contributed by atoms with Gasteiger partial charge in [0.25, 0.3) is 0 Å². The van der Waals surface area contributed by atoms with Gasteiger partial charge in [-0.2, -0.15) is 4.80 Å². The van der Waals surface area contributed by atoms with Crippen molar-refractivity contribution in [3.05, 3.63) is 57.8 Å². The molecule has 0 atom stereocenters. The molecule has 0 unspecified atom stereocenters. The molecule has 0 fully saturated rings. The van der Waals surface area contributed by atoms with E-state index in [9.17, 15) is 0 Å². The molecule has 11 heteroatoms. The molecule has 5 rings (SSSR count). The van der Waals surface area contributed by atoms with E-state index in [0.29, 0.717) is 18.1 Å². The van der Waals surface area contributed by atoms with Gasteiger partial charge in [0.15, 0.2) is 22.5 Å². The number of hydrogen-bond donors (Lipinski definition) is 0. The van der Waals surface area contributed by atoms with Gasteiger partial charge >= 0.3 is 0 Å². The van der Waals surface area contributed by atoms with Crippen LogP contribution in [0.4, 0.5) is 0 Å². The fraction of sp³-hybridized carbons (Fsp3) is 0.286. The molecule has 4 aromatic rings. The van der Waals surface area contributed by atoms with E-state index in [1.165, 1.54) is 5.56 Å². The highest BCUT2D eigenvalue weighted by molar-refractivity contribution is 9.10. The normalized spacial score (nSPS) is 12.5. The van der Waals surface area contributed by atoms with Crippen LogP contribution in [0.25, 0.3) is 11.4 Å². The quantitative estimate of drug-likeness (QED) is 0.341. The van der Waals surface area contributed by atoms with Crippen LogP contribution in [-0.2, 0) is 18.8 Å². The largest absolute Gasteiger partial charge is 0.454 e. The van der Waals surface area contributed by atoms with Gasteiger partial charge in [-0.15, -0.1) is 20.4 Å². The molecule has 0 aliphatic carbocycles. The molecular formula is C21H20BrN7O2S. The zero-order valence-corrected chi connectivity index (χ0v) is 19.9. The lowest BCUT2D eigenvalue weighted by atomic mass is 10.1. The highest BCUT2D eigenvalue weighted by Crippen LogP contribution is 2.38. The molecule has 3 heterocycles. The first-order chi connectivity index (χ1) is 15.6. The molecular weight excluding hydrogens is 494 g/mol. The molecule has 2 aromatic heterocycles. The minimum atomic E-state index is 0.258. The second kappa shape index (κ2) is 8.91. The fourth-order valence-electron chi connectivity index (χ4n) is 3.33. The van der Waals surface area contributed by atoms with Crippen LogP contribution in [0.1, 0.15) is 23.9 Å². The first-order valence-corrected chi connectivity index (χ1v) is 11.9. The third-order valence-electron chi connectivity index (χ3n) is 5.05. The van der Waals surface area contributed by atoms with E-state index in [0.717, 1.165) is 44.6 Å². The van der Waals surface area contributed by atoms with Gasteiger partial charge in [-0.1, -0.05) is 57.5 Å². The Balaban J connectivity index is 1.30. The smallest absolute Gasteiger partial charge is 0.231 e. The number of nitrogens with zero attached hydrogens (tertiary/aromatic N) is 7. The number of benzene rings is 2. The summed E-state index contributed by atoms with van der Waals surface area (Å²) in [7, 11) is 0. The molecule has 0 N–H and O–H groups in total. The van der Waals surface area contributed by atoms with E-state index < -0.39 is 0 Å². The van der Waals surface area contributed by atoms with Crippen LogP contribution >= 0.6 is 27.7 Å². The fourth-order valence-corrected chi connectivity index (χ4v) is 4.99. The molecule has 0 bridgehead atoms. The lowest BCUT2D eigenvalue weighted by Crippen LogP contribution is -2.11. The van der Waals surface area contributed by atoms with Crippen LogP contribution < -0.4 is 9.47 Å². The maximum Gasteiger partial charge on any atom is 0.231 e. The number of ether oxygens (including phenoxy) is 2. The molecule has 0 saturated carbocycles. The summed E-state index contributed by atoms with van der Waals surface area (Å²) in [5.74, 6) is 3.62. The van der Waals surface area contributed by atoms with Crippen molar-refractivity contribution in [2.24, 2.45) is 0 Å². The third-order valence-corrected chi connectivity index (χ3v) is 6.81. The summed E-state index contributed by atoms with van der Waals surface area (Å²) in [6.45, 7) is 5.51. The van der Waals surface area contributed by atoms with Crippen LogP contribution in [0.15, 0.2) is 46.0 Å². The van der Waals surface area contributed by atoms with E-state index in [2.05, 4.69) is 53.0 Å². The van der Waals surface area contributed by atoms with Crippen molar-refractivity contribution in [3.63, 3.8) is 0 Å². The molecule has 0 radical (unpaired) electrons. The molecule has 1 aliphatic heterocycles. The van der Waals surface area contributed by atoms with E-state index >= 15 is 0 Å². The van der Waals surface area contributed by atoms with Crippen LogP contribution in [0.2, 0.25) is 0 Å². The SMILES string of the molecule is CCn1c(Cn2nnc(-c3ccc(C)cc3)n2)nnc1SCc1cc2c(cc1Br)OCO2. The van der Waals surface area contributed by atoms with Crippen molar-refractivity contribution in [1.29, 1.82) is 0 Å². The third kappa shape index (κ3) is 4.22. The van der Waals surface area contributed by atoms with Crippen LogP contribution in [-0.4, -0.2) is 41.8 Å². The maximum absolute atomic E-state index is 5.49. The van der Waals surface area contributed by atoms with Gasteiger partial charge in [0, 0.05) is 22.3 Å². The lowest BCUT2D eigenvalue weighted by Gasteiger charge is -2.08. The topological polar surface area (TPSA) is 92.8 Å². The molecule has 9 nitrogen and oxygen atoms in total. The minimum absolute atomic E-state index is 0.258. The maximum atomic E-state index is 5.49. The Kier molecular flexibility index (Phi) is 5.83. The van der Waals surface area contributed by atoms with Crippen LogP contribution in [0, 0.1) is 6.92 Å². The Morgan fingerprint density at radius 1 is 1.06 bits per heavy atom. The number of aryl methyl sites for hydroxylation is 1. The van der Waals surface area contributed by atoms with E-state index in [-0.39, 0.29) is 6.79 Å². The van der Waals surface area contributed by atoms with Crippen LogP contribution in [0.3, 0.4) is 0 Å². The molecule has 0 spiro atoms. The monoisotopic (exact) mass is 513 g/mol. The van der Waals surface area contributed by atoms with Crippen molar-refractivity contribution in [3.8, 4) is 22.9 Å². The Morgan fingerprint density at radius 2 is 1.84 bits per heavy atom. The molecule has 2 aromatic carbocycles. The molecule has 164 valence electrons. The molecule has 0 amide bonds. The van der Waals surface area contributed by atoms with Gasteiger partial charge in [-0.25, -0.2) is 0 Å². The van der Waals surface area contributed by atoms with E-state index in [1.807, 2.05) is 43.3 Å². The predicted octanol–water partition coefficient (Wildman–Crippen LogP) is 4.09. The van der Waals surface area contributed by atoms with Gasteiger partial charge in [0.2, 0.25) is 12.6 Å². The summed E-state index contributed by atoms with van der Waals surface area (Å²) in [5, 5.41) is 22.5. The summed E-state index contributed by atoms with van der Waals surface area (Å²) in [4.78, 5) is 1.55. The van der Waals surface area contributed by atoms with Crippen molar-refractivity contribution in [2.45, 2.75) is 37.8 Å². The van der Waals surface area contributed by atoms with Gasteiger partial charge in [-0.05, 0) is 36.8 Å². The van der Waals surface area contributed by atoms with Crippen molar-refractivity contribution in [2.75, 3.05) is 6.79 Å². The molecule has 0 saturated heterocycles. The zero-order valence-electron chi connectivity index (χ0n) is 17.5. The average Bonchev–Trinajstić information content (AvgIpc) is 3.53. The number of thioether (sulfide) groups is 1. The minimum Gasteiger partial charge on any atom is -0.454 e. The predicted molar refractivity (Wildman–Crippen MR) is 123 cm³/mol. The number of halogens is 1. The van der Waals surface area contributed by atoms with Gasteiger partial charge in [0.05, 0.1) is 0 Å².